The molecule has 4 heteroatoms. The molecule has 0 heterocycles. The standard InChI is InChI=1S/C12H14O4/c1-15-11(13)7-9-3-5-10(6-4-9)8-12(14)16-2/h3-6H,7-8H2,1-2H3. The molecular weight excluding hydrogens is 208 g/mol. The summed E-state index contributed by atoms with van der Waals surface area (Å²) in [6.07, 6.45) is 0.490. The number of ether oxygens (including phenoxy) is 2. The van der Waals surface area contributed by atoms with E-state index in [9.17, 15) is 9.59 Å². The van der Waals surface area contributed by atoms with Gasteiger partial charge in [0.1, 0.15) is 0 Å². The van der Waals surface area contributed by atoms with Crippen molar-refractivity contribution in [3.8, 4) is 0 Å². The predicted octanol–water partition coefficient (Wildman–Crippen LogP) is 1.12. The molecule has 0 aromatic heterocycles. The summed E-state index contributed by atoms with van der Waals surface area (Å²) in [5.41, 5.74) is 1.72. The van der Waals surface area contributed by atoms with Crippen molar-refractivity contribution in [2.75, 3.05) is 14.2 Å². The van der Waals surface area contributed by atoms with Gasteiger partial charge in [0.2, 0.25) is 0 Å². The van der Waals surface area contributed by atoms with Gasteiger partial charge in [-0.25, -0.2) is 0 Å². The second kappa shape index (κ2) is 5.90. The van der Waals surface area contributed by atoms with Gasteiger partial charge in [-0.1, -0.05) is 24.3 Å². The maximum Gasteiger partial charge on any atom is 0.309 e. The van der Waals surface area contributed by atoms with E-state index in [0.717, 1.165) is 11.1 Å². The average molecular weight is 222 g/mol. The summed E-state index contributed by atoms with van der Waals surface area (Å²) in [6, 6.07) is 7.20. The molecule has 86 valence electrons. The van der Waals surface area contributed by atoms with Crippen LogP contribution in [0.4, 0.5) is 0 Å². The number of benzene rings is 1. The average Bonchev–Trinajstić information content (AvgIpc) is 2.31. The Balaban J connectivity index is 2.60. The topological polar surface area (TPSA) is 52.6 Å². The van der Waals surface area contributed by atoms with Crippen LogP contribution in [0.2, 0.25) is 0 Å². The Bertz CT molecular complexity index is 330. The van der Waals surface area contributed by atoms with Crippen LogP contribution in [-0.4, -0.2) is 26.2 Å². The van der Waals surface area contributed by atoms with E-state index in [1.807, 2.05) is 0 Å². The lowest BCUT2D eigenvalue weighted by atomic mass is 10.1. The van der Waals surface area contributed by atoms with Gasteiger partial charge in [0.15, 0.2) is 0 Å². The Labute approximate surface area is 94.2 Å². The highest BCUT2D eigenvalue weighted by molar-refractivity contribution is 5.73. The highest BCUT2D eigenvalue weighted by atomic mass is 16.5. The van der Waals surface area contributed by atoms with Crippen LogP contribution in [-0.2, 0) is 31.9 Å². The van der Waals surface area contributed by atoms with E-state index in [1.165, 1.54) is 14.2 Å². The number of rotatable bonds is 4. The summed E-state index contributed by atoms with van der Waals surface area (Å²) < 4.78 is 9.11. The maximum absolute atomic E-state index is 11.0. The Hall–Kier alpha value is -1.84. The molecule has 0 spiro atoms. The van der Waals surface area contributed by atoms with Gasteiger partial charge < -0.3 is 9.47 Å². The van der Waals surface area contributed by atoms with Crippen molar-refractivity contribution in [3.05, 3.63) is 35.4 Å². The van der Waals surface area contributed by atoms with Gasteiger partial charge in [-0.2, -0.15) is 0 Å². The van der Waals surface area contributed by atoms with Gasteiger partial charge >= 0.3 is 11.9 Å². The van der Waals surface area contributed by atoms with Crippen LogP contribution in [0, 0.1) is 0 Å². The van der Waals surface area contributed by atoms with Crippen molar-refractivity contribution >= 4 is 11.9 Å². The molecule has 0 unspecified atom stereocenters. The SMILES string of the molecule is COC(=O)Cc1ccc(CC(=O)OC)cc1. The first-order valence-corrected chi connectivity index (χ1v) is 4.87. The third kappa shape index (κ3) is 3.73. The van der Waals surface area contributed by atoms with Gasteiger partial charge in [0.05, 0.1) is 27.1 Å². The van der Waals surface area contributed by atoms with E-state index >= 15 is 0 Å². The predicted molar refractivity (Wildman–Crippen MR) is 57.9 cm³/mol. The molecule has 0 saturated carbocycles. The van der Waals surface area contributed by atoms with Crippen LogP contribution < -0.4 is 0 Å². The first kappa shape index (κ1) is 12.2. The van der Waals surface area contributed by atoms with Crippen molar-refractivity contribution in [3.63, 3.8) is 0 Å². The highest BCUT2D eigenvalue weighted by Gasteiger charge is 2.05. The number of methoxy groups -OCH3 is 2. The fourth-order valence-electron chi connectivity index (χ4n) is 1.25. The molecule has 0 bridgehead atoms. The molecule has 1 rings (SSSR count). The van der Waals surface area contributed by atoms with Gasteiger partial charge in [0, 0.05) is 0 Å². The van der Waals surface area contributed by atoms with Crippen LogP contribution in [0.3, 0.4) is 0 Å². The molecule has 0 amide bonds. The molecule has 0 atom stereocenters. The number of carbonyl (C=O) groups excluding carboxylic acids is 2. The lowest BCUT2D eigenvalue weighted by Crippen LogP contribution is -2.06. The third-order valence-electron chi connectivity index (χ3n) is 2.18. The van der Waals surface area contributed by atoms with E-state index in [4.69, 9.17) is 0 Å². The molecule has 16 heavy (non-hydrogen) atoms. The first-order valence-electron chi connectivity index (χ1n) is 4.87. The monoisotopic (exact) mass is 222 g/mol. The van der Waals surface area contributed by atoms with Gasteiger partial charge in [-0.3, -0.25) is 9.59 Å². The van der Waals surface area contributed by atoms with E-state index in [0.29, 0.717) is 0 Å². The number of hydrogen-bond acceptors (Lipinski definition) is 4. The molecular formula is C12H14O4. The minimum atomic E-state index is -0.277. The zero-order chi connectivity index (χ0) is 12.0. The molecule has 0 saturated heterocycles. The minimum absolute atomic E-state index is 0.245. The molecule has 4 nitrogen and oxygen atoms in total. The Kier molecular flexibility index (Phi) is 4.51. The van der Waals surface area contributed by atoms with Crippen molar-refractivity contribution in [2.24, 2.45) is 0 Å². The zero-order valence-electron chi connectivity index (χ0n) is 9.36. The van der Waals surface area contributed by atoms with Crippen molar-refractivity contribution in [1.29, 1.82) is 0 Å². The Morgan fingerprint density at radius 3 is 1.44 bits per heavy atom. The summed E-state index contributed by atoms with van der Waals surface area (Å²) in [7, 11) is 2.71. The number of hydrogen-bond donors (Lipinski definition) is 0. The van der Waals surface area contributed by atoms with Crippen molar-refractivity contribution < 1.29 is 19.1 Å². The van der Waals surface area contributed by atoms with E-state index in [-0.39, 0.29) is 24.8 Å². The Morgan fingerprint density at radius 2 is 1.19 bits per heavy atom. The fourth-order valence-corrected chi connectivity index (χ4v) is 1.25. The summed E-state index contributed by atoms with van der Waals surface area (Å²) >= 11 is 0. The maximum atomic E-state index is 11.0. The first-order chi connectivity index (χ1) is 7.65. The van der Waals surface area contributed by atoms with Crippen LogP contribution in [0.5, 0.6) is 0 Å². The van der Waals surface area contributed by atoms with Crippen LogP contribution in [0.1, 0.15) is 11.1 Å². The molecule has 0 aliphatic heterocycles. The van der Waals surface area contributed by atoms with Crippen LogP contribution in [0.15, 0.2) is 24.3 Å². The smallest absolute Gasteiger partial charge is 0.309 e. The van der Waals surface area contributed by atoms with E-state index in [1.54, 1.807) is 24.3 Å². The van der Waals surface area contributed by atoms with Gasteiger partial charge in [-0.15, -0.1) is 0 Å². The van der Waals surface area contributed by atoms with Crippen LogP contribution >= 0.6 is 0 Å². The highest BCUT2D eigenvalue weighted by Crippen LogP contribution is 2.07. The third-order valence-corrected chi connectivity index (χ3v) is 2.18. The lowest BCUT2D eigenvalue weighted by Gasteiger charge is -2.02. The van der Waals surface area contributed by atoms with Crippen molar-refractivity contribution in [1.82, 2.24) is 0 Å². The Morgan fingerprint density at radius 1 is 0.875 bits per heavy atom. The minimum Gasteiger partial charge on any atom is -0.469 e. The van der Waals surface area contributed by atoms with E-state index in [2.05, 4.69) is 9.47 Å². The number of carbonyl (C=O) groups is 2. The normalized spacial score (nSPS) is 9.62. The largest absolute Gasteiger partial charge is 0.469 e. The van der Waals surface area contributed by atoms with E-state index < -0.39 is 0 Å². The van der Waals surface area contributed by atoms with Crippen LogP contribution in [0.25, 0.3) is 0 Å². The van der Waals surface area contributed by atoms with Gasteiger partial charge in [0.25, 0.3) is 0 Å². The summed E-state index contributed by atoms with van der Waals surface area (Å²) in [6.45, 7) is 0. The zero-order valence-corrected chi connectivity index (χ0v) is 9.36. The molecule has 0 fully saturated rings. The molecule has 0 aliphatic carbocycles. The molecule has 0 N–H and O–H groups in total. The molecule has 1 aromatic carbocycles. The molecule has 1 aromatic rings. The van der Waals surface area contributed by atoms with Crippen molar-refractivity contribution in [2.45, 2.75) is 12.8 Å². The summed E-state index contributed by atoms with van der Waals surface area (Å²) in [5, 5.41) is 0. The fraction of sp³-hybridized carbons (Fsp3) is 0.333. The summed E-state index contributed by atoms with van der Waals surface area (Å²) in [4.78, 5) is 22.0. The number of esters is 2. The second-order valence-corrected chi connectivity index (χ2v) is 3.32. The lowest BCUT2D eigenvalue weighted by molar-refractivity contribution is -0.140. The summed E-state index contributed by atoms with van der Waals surface area (Å²) in [5.74, 6) is -0.554. The molecule has 0 radical (unpaired) electrons. The second-order valence-electron chi connectivity index (χ2n) is 3.32. The van der Waals surface area contributed by atoms with Gasteiger partial charge in [-0.05, 0) is 11.1 Å². The quantitative estimate of drug-likeness (QED) is 0.716. The molecule has 0 aliphatic rings.